The molecular formula is C27H40O12. The Hall–Kier alpha value is -1.71. The second kappa shape index (κ2) is 10.9. The Morgan fingerprint density at radius 3 is 2.51 bits per heavy atom. The fourth-order valence-corrected chi connectivity index (χ4v) is 5.78. The predicted molar refractivity (Wildman–Crippen MR) is 134 cm³/mol. The number of fused-ring (bicyclic) bond motifs is 1. The minimum Gasteiger partial charge on any atom is -0.427 e. The highest BCUT2D eigenvalue weighted by molar-refractivity contribution is 5.80. The highest BCUT2D eigenvalue weighted by Gasteiger charge is 2.73. The van der Waals surface area contributed by atoms with Crippen LogP contribution in [0.2, 0.25) is 0 Å². The van der Waals surface area contributed by atoms with Gasteiger partial charge in [0.15, 0.2) is 18.0 Å². The van der Waals surface area contributed by atoms with Crippen molar-refractivity contribution in [3.8, 4) is 0 Å². The molecule has 0 aromatic heterocycles. The van der Waals surface area contributed by atoms with Crippen molar-refractivity contribution in [3.05, 3.63) is 34.9 Å². The molecule has 0 radical (unpaired) electrons. The summed E-state index contributed by atoms with van der Waals surface area (Å²) in [4.78, 5) is 12.1. The molecule has 0 aromatic rings. The van der Waals surface area contributed by atoms with Gasteiger partial charge in [0.1, 0.15) is 30.5 Å². The lowest BCUT2D eigenvalue weighted by Gasteiger charge is -2.41. The summed E-state index contributed by atoms with van der Waals surface area (Å²) in [6.45, 7) is 6.90. The van der Waals surface area contributed by atoms with Crippen molar-refractivity contribution in [3.63, 3.8) is 0 Å². The lowest BCUT2D eigenvalue weighted by atomic mass is 9.79. The third-order valence-electron chi connectivity index (χ3n) is 8.17. The van der Waals surface area contributed by atoms with Gasteiger partial charge in [0.25, 0.3) is 0 Å². The third kappa shape index (κ3) is 5.47. The summed E-state index contributed by atoms with van der Waals surface area (Å²) in [6, 6.07) is 0. The van der Waals surface area contributed by atoms with E-state index in [9.17, 15) is 40.5 Å². The molecule has 0 spiro atoms. The Bertz CT molecular complexity index is 1030. The first kappa shape index (κ1) is 30.3. The number of carbonyl (C=O) groups excluding carboxylic acids is 1. The van der Waals surface area contributed by atoms with Crippen LogP contribution >= 0.6 is 0 Å². The number of aliphatic hydroxyl groups excluding tert-OH is 5. The van der Waals surface area contributed by atoms with Gasteiger partial charge in [0.2, 0.25) is 5.79 Å². The predicted octanol–water partition coefficient (Wildman–Crippen LogP) is -1.06. The minimum absolute atomic E-state index is 0.270. The molecule has 12 heteroatoms. The van der Waals surface area contributed by atoms with Crippen LogP contribution in [0, 0.1) is 5.41 Å². The Morgan fingerprint density at radius 1 is 1.15 bits per heavy atom. The van der Waals surface area contributed by atoms with Crippen molar-refractivity contribution >= 4 is 5.97 Å². The molecule has 3 aliphatic heterocycles. The van der Waals surface area contributed by atoms with Gasteiger partial charge in [-0.1, -0.05) is 43.2 Å². The summed E-state index contributed by atoms with van der Waals surface area (Å²) >= 11 is 0. The fourth-order valence-electron chi connectivity index (χ4n) is 5.78. The maximum absolute atomic E-state index is 12.1. The van der Waals surface area contributed by atoms with E-state index in [1.54, 1.807) is 13.0 Å². The van der Waals surface area contributed by atoms with E-state index >= 15 is 0 Å². The van der Waals surface area contributed by atoms with Gasteiger partial charge >= 0.3 is 5.97 Å². The molecule has 4 aliphatic rings. The molecule has 0 bridgehead atoms. The van der Waals surface area contributed by atoms with E-state index in [4.69, 9.17) is 18.9 Å². The summed E-state index contributed by atoms with van der Waals surface area (Å²) in [7, 11) is 0. The van der Waals surface area contributed by atoms with E-state index in [0.29, 0.717) is 18.4 Å². The van der Waals surface area contributed by atoms with Gasteiger partial charge in [-0.3, -0.25) is 0 Å². The number of esters is 1. The Kier molecular flexibility index (Phi) is 8.48. The maximum atomic E-state index is 12.1. The summed E-state index contributed by atoms with van der Waals surface area (Å²) < 4.78 is 21.7. The summed E-state index contributed by atoms with van der Waals surface area (Å²) in [5.74, 6) is -3.28. The minimum atomic E-state index is -2.35. The van der Waals surface area contributed by atoms with Gasteiger partial charge < -0.3 is 54.7 Å². The quantitative estimate of drug-likeness (QED) is 0.196. The van der Waals surface area contributed by atoms with Crippen molar-refractivity contribution < 1.29 is 59.5 Å². The van der Waals surface area contributed by atoms with Crippen LogP contribution in [0.4, 0.5) is 0 Å². The Balaban J connectivity index is 1.49. The van der Waals surface area contributed by atoms with Crippen LogP contribution in [0.1, 0.15) is 47.0 Å². The van der Waals surface area contributed by atoms with Crippen molar-refractivity contribution in [2.45, 2.75) is 107 Å². The number of aliphatic hydroxyl groups is 7. The van der Waals surface area contributed by atoms with Crippen LogP contribution in [-0.2, 0) is 23.7 Å². The lowest BCUT2D eigenvalue weighted by molar-refractivity contribution is -0.312. The van der Waals surface area contributed by atoms with E-state index in [0.717, 1.165) is 11.1 Å². The lowest BCUT2D eigenvalue weighted by Crippen LogP contribution is -2.60. The van der Waals surface area contributed by atoms with Crippen LogP contribution < -0.4 is 0 Å². The maximum Gasteiger partial charge on any atom is 0.341 e. The van der Waals surface area contributed by atoms with Gasteiger partial charge in [0, 0.05) is 6.42 Å². The first-order valence-electron chi connectivity index (χ1n) is 13.1. The highest BCUT2D eigenvalue weighted by atomic mass is 16.7. The van der Waals surface area contributed by atoms with Crippen molar-refractivity contribution in [2.24, 2.45) is 5.41 Å². The zero-order valence-electron chi connectivity index (χ0n) is 22.6. The molecule has 7 N–H and O–H groups in total. The van der Waals surface area contributed by atoms with Crippen molar-refractivity contribution in [1.29, 1.82) is 0 Å². The first-order chi connectivity index (χ1) is 18.1. The molecule has 39 heavy (non-hydrogen) atoms. The van der Waals surface area contributed by atoms with E-state index in [2.05, 4.69) is 0 Å². The first-order valence-corrected chi connectivity index (χ1v) is 13.1. The number of rotatable bonds is 6. The molecule has 0 saturated carbocycles. The van der Waals surface area contributed by atoms with Crippen LogP contribution in [-0.4, -0.2) is 115 Å². The fraction of sp³-hybridized carbons (Fsp3) is 0.741. The van der Waals surface area contributed by atoms with Crippen LogP contribution in [0.15, 0.2) is 34.9 Å². The Morgan fingerprint density at radius 2 is 1.85 bits per heavy atom. The van der Waals surface area contributed by atoms with Crippen LogP contribution in [0.5, 0.6) is 0 Å². The SMILES string of the molecule is CC(=CCC1(O)OC(=O)C2OCC(O)C21O)C=C1C=C(C)CC(OC2O[C@H](CO)[C@@H](O)[C@H](O)[C@H]2O)CC1(C)C. The molecule has 4 rings (SSSR count). The van der Waals surface area contributed by atoms with Gasteiger partial charge in [-0.15, -0.1) is 0 Å². The molecule has 220 valence electrons. The highest BCUT2D eigenvalue weighted by Crippen LogP contribution is 2.46. The average Bonchev–Trinajstić information content (AvgIpc) is 3.23. The van der Waals surface area contributed by atoms with Crippen molar-refractivity contribution in [1.82, 2.24) is 0 Å². The topological polar surface area (TPSA) is 196 Å². The molecule has 10 atom stereocenters. The summed E-state index contributed by atoms with van der Waals surface area (Å²) in [5.41, 5.74) is -0.103. The number of hydrogen-bond acceptors (Lipinski definition) is 12. The number of allylic oxidation sites excluding steroid dienone is 4. The number of cyclic esters (lactones) is 1. The van der Waals surface area contributed by atoms with Gasteiger partial charge in [-0.25, -0.2) is 4.79 Å². The number of hydrogen-bond donors (Lipinski definition) is 7. The number of carbonyl (C=O) groups is 1. The molecule has 1 aliphatic carbocycles. The van der Waals surface area contributed by atoms with Gasteiger partial charge in [-0.05, 0) is 37.7 Å². The Labute approximate surface area is 226 Å². The van der Waals surface area contributed by atoms with E-state index < -0.39 is 78.4 Å². The van der Waals surface area contributed by atoms with E-state index in [1.165, 1.54) is 0 Å². The normalized spacial score (nSPS) is 45.6. The monoisotopic (exact) mass is 556 g/mol. The molecule has 3 heterocycles. The van der Waals surface area contributed by atoms with Gasteiger partial charge in [-0.2, -0.15) is 0 Å². The molecule has 3 fully saturated rings. The molecule has 12 nitrogen and oxygen atoms in total. The zero-order valence-corrected chi connectivity index (χ0v) is 22.6. The van der Waals surface area contributed by atoms with E-state index in [1.807, 2.05) is 32.9 Å². The van der Waals surface area contributed by atoms with Crippen molar-refractivity contribution in [2.75, 3.05) is 13.2 Å². The average molecular weight is 557 g/mol. The van der Waals surface area contributed by atoms with Crippen LogP contribution in [0.3, 0.4) is 0 Å². The molecular weight excluding hydrogens is 516 g/mol. The second-order valence-corrected chi connectivity index (χ2v) is 11.8. The number of ether oxygens (including phenoxy) is 4. The molecule has 0 aromatic carbocycles. The molecule has 0 amide bonds. The molecule has 6 unspecified atom stereocenters. The zero-order chi connectivity index (χ0) is 28.9. The van der Waals surface area contributed by atoms with E-state index in [-0.39, 0.29) is 13.0 Å². The van der Waals surface area contributed by atoms with Crippen LogP contribution in [0.25, 0.3) is 0 Å². The second-order valence-electron chi connectivity index (χ2n) is 11.8. The third-order valence-corrected chi connectivity index (χ3v) is 8.17. The van der Waals surface area contributed by atoms with Gasteiger partial charge in [0.05, 0.1) is 19.3 Å². The molecule has 3 saturated heterocycles. The summed E-state index contributed by atoms with van der Waals surface area (Å²) in [5, 5.41) is 72.1. The largest absolute Gasteiger partial charge is 0.427 e. The summed E-state index contributed by atoms with van der Waals surface area (Å²) in [6.07, 6.45) is -3.90. The standard InChI is InChI=1S/C27H40O12/c1-13(5-6-26(34)27(35)18(29)12-36-22(27)23(33)39-26)7-15-8-14(2)9-16(10-25(15,3)4)37-24-21(32)20(31)19(30)17(11-28)38-24/h5,7-8,16-22,24,28-32,34-35H,6,9-12H2,1-4H3/t16?,17-,18?,19-,20+,21-,22?,24?,26?,27?/m1/s1. The smallest absolute Gasteiger partial charge is 0.341 e.